The van der Waals surface area contributed by atoms with Crippen molar-refractivity contribution in [1.29, 1.82) is 0 Å². The smallest absolute Gasteiger partial charge is 0.244 e. The summed E-state index contributed by atoms with van der Waals surface area (Å²) >= 11 is 6.65. The second kappa shape index (κ2) is 5.44. The van der Waals surface area contributed by atoms with Gasteiger partial charge in [-0.2, -0.15) is 4.31 Å². The highest BCUT2D eigenvalue weighted by atomic mass is 79.9. The Bertz CT molecular complexity index is 587. The number of nitrogens with zero attached hydrogens (tertiary/aromatic N) is 1. The average molecular weight is 412 g/mol. The Morgan fingerprint density at radius 1 is 1.32 bits per heavy atom. The number of sulfonamides is 1. The van der Waals surface area contributed by atoms with E-state index in [-0.39, 0.29) is 0 Å². The van der Waals surface area contributed by atoms with E-state index < -0.39 is 15.6 Å². The van der Waals surface area contributed by atoms with Gasteiger partial charge in [0.1, 0.15) is 0 Å². The molecule has 0 saturated carbocycles. The molecular formula is C12H16Br2N2O2S. The van der Waals surface area contributed by atoms with Crippen molar-refractivity contribution in [2.24, 2.45) is 0 Å². The van der Waals surface area contributed by atoms with Crippen molar-refractivity contribution >= 4 is 41.9 Å². The van der Waals surface area contributed by atoms with Crippen LogP contribution < -0.4 is 5.32 Å². The Kier molecular flexibility index (Phi) is 4.42. The first-order chi connectivity index (χ1) is 8.75. The molecule has 0 spiro atoms. The third-order valence-corrected chi connectivity index (χ3v) is 6.78. The lowest BCUT2D eigenvalue weighted by Crippen LogP contribution is -2.59. The molecule has 0 aliphatic carbocycles. The highest BCUT2D eigenvalue weighted by Crippen LogP contribution is 2.32. The third kappa shape index (κ3) is 3.05. The van der Waals surface area contributed by atoms with E-state index >= 15 is 0 Å². The van der Waals surface area contributed by atoms with Crippen molar-refractivity contribution in [2.45, 2.75) is 24.3 Å². The van der Waals surface area contributed by atoms with Gasteiger partial charge in [0, 0.05) is 34.1 Å². The average Bonchev–Trinajstić information content (AvgIpc) is 2.31. The first-order valence-corrected chi connectivity index (χ1v) is 8.96. The third-order valence-electron chi connectivity index (χ3n) is 3.19. The SMILES string of the molecule is CC1(C)CNCCN1S(=O)(=O)c1cc(Br)ccc1Br. The Morgan fingerprint density at radius 3 is 2.63 bits per heavy atom. The lowest BCUT2D eigenvalue weighted by molar-refractivity contribution is 0.186. The summed E-state index contributed by atoms with van der Waals surface area (Å²) in [7, 11) is -3.51. The fourth-order valence-electron chi connectivity index (χ4n) is 2.20. The van der Waals surface area contributed by atoms with Crippen LogP contribution in [-0.4, -0.2) is 37.9 Å². The molecule has 0 aromatic heterocycles. The molecule has 1 fully saturated rings. The summed E-state index contributed by atoms with van der Waals surface area (Å²) < 4.78 is 28.6. The summed E-state index contributed by atoms with van der Waals surface area (Å²) in [6.45, 7) is 5.67. The molecule has 1 aliphatic rings. The number of nitrogens with one attached hydrogen (secondary N) is 1. The number of benzene rings is 1. The van der Waals surface area contributed by atoms with Gasteiger partial charge in [-0.15, -0.1) is 0 Å². The van der Waals surface area contributed by atoms with E-state index in [1.54, 1.807) is 16.4 Å². The molecule has 7 heteroatoms. The van der Waals surface area contributed by atoms with Crippen LogP contribution in [0.25, 0.3) is 0 Å². The van der Waals surface area contributed by atoms with Crippen LogP contribution in [0.3, 0.4) is 0 Å². The van der Waals surface area contributed by atoms with Gasteiger partial charge < -0.3 is 5.32 Å². The van der Waals surface area contributed by atoms with Gasteiger partial charge in [0.15, 0.2) is 0 Å². The van der Waals surface area contributed by atoms with Crippen LogP contribution in [0.2, 0.25) is 0 Å². The minimum atomic E-state index is -3.51. The molecular weight excluding hydrogens is 396 g/mol. The molecule has 0 atom stereocenters. The van der Waals surface area contributed by atoms with Crippen LogP contribution in [-0.2, 0) is 10.0 Å². The van der Waals surface area contributed by atoms with Crippen molar-refractivity contribution in [3.8, 4) is 0 Å². The normalized spacial score (nSPS) is 20.4. The summed E-state index contributed by atoms with van der Waals surface area (Å²) in [4.78, 5) is 0.303. The van der Waals surface area contributed by atoms with E-state index in [1.807, 2.05) is 19.9 Å². The van der Waals surface area contributed by atoms with Crippen LogP contribution >= 0.6 is 31.9 Å². The Morgan fingerprint density at radius 2 is 2.00 bits per heavy atom. The summed E-state index contributed by atoms with van der Waals surface area (Å²) in [6, 6.07) is 5.19. The van der Waals surface area contributed by atoms with Crippen LogP contribution in [0.4, 0.5) is 0 Å². The van der Waals surface area contributed by atoms with E-state index in [0.717, 1.165) is 4.47 Å². The predicted molar refractivity (Wildman–Crippen MR) is 82.7 cm³/mol. The summed E-state index contributed by atoms with van der Waals surface area (Å²) in [5.41, 5.74) is -0.432. The van der Waals surface area contributed by atoms with E-state index in [0.29, 0.717) is 29.0 Å². The molecule has 19 heavy (non-hydrogen) atoms. The lowest BCUT2D eigenvalue weighted by Gasteiger charge is -2.41. The van der Waals surface area contributed by atoms with E-state index in [2.05, 4.69) is 37.2 Å². The van der Waals surface area contributed by atoms with Crippen LogP contribution in [0.15, 0.2) is 32.0 Å². The molecule has 1 aromatic rings. The molecule has 1 N–H and O–H groups in total. The summed E-state index contributed by atoms with van der Waals surface area (Å²) in [5, 5.41) is 3.23. The van der Waals surface area contributed by atoms with Gasteiger partial charge >= 0.3 is 0 Å². The fourth-order valence-corrected chi connectivity index (χ4v) is 5.45. The van der Waals surface area contributed by atoms with Gasteiger partial charge in [-0.25, -0.2) is 8.42 Å². The zero-order valence-corrected chi connectivity index (χ0v) is 14.8. The highest BCUT2D eigenvalue weighted by molar-refractivity contribution is 9.11. The second-order valence-corrected chi connectivity index (χ2v) is 8.74. The zero-order valence-electron chi connectivity index (χ0n) is 10.8. The van der Waals surface area contributed by atoms with Crippen LogP contribution in [0, 0.1) is 0 Å². The summed E-state index contributed by atoms with van der Waals surface area (Å²) in [6.07, 6.45) is 0. The second-order valence-electron chi connectivity index (χ2n) is 5.14. The Hall–Kier alpha value is 0.0500. The zero-order chi connectivity index (χ0) is 14.3. The minimum absolute atomic E-state index is 0.303. The lowest BCUT2D eigenvalue weighted by atomic mass is 10.0. The van der Waals surface area contributed by atoms with Crippen LogP contribution in [0.5, 0.6) is 0 Å². The monoisotopic (exact) mass is 410 g/mol. The maximum atomic E-state index is 12.8. The maximum Gasteiger partial charge on any atom is 0.244 e. The first kappa shape index (κ1) is 15.4. The number of rotatable bonds is 2. The minimum Gasteiger partial charge on any atom is -0.314 e. The summed E-state index contributed by atoms with van der Waals surface area (Å²) in [5.74, 6) is 0. The first-order valence-electron chi connectivity index (χ1n) is 5.94. The molecule has 2 rings (SSSR count). The molecule has 106 valence electrons. The van der Waals surface area contributed by atoms with Crippen molar-refractivity contribution in [3.63, 3.8) is 0 Å². The molecule has 0 unspecified atom stereocenters. The van der Waals surface area contributed by atoms with Crippen molar-refractivity contribution in [2.75, 3.05) is 19.6 Å². The van der Waals surface area contributed by atoms with Gasteiger partial charge in [-0.05, 0) is 48.0 Å². The van der Waals surface area contributed by atoms with Crippen LogP contribution in [0.1, 0.15) is 13.8 Å². The molecule has 4 nitrogen and oxygen atoms in total. The van der Waals surface area contributed by atoms with E-state index in [9.17, 15) is 8.42 Å². The van der Waals surface area contributed by atoms with Gasteiger partial charge in [0.05, 0.1) is 4.90 Å². The number of hydrogen-bond donors (Lipinski definition) is 1. The molecule has 1 saturated heterocycles. The van der Waals surface area contributed by atoms with Gasteiger partial charge in [0.2, 0.25) is 10.0 Å². The van der Waals surface area contributed by atoms with Crippen molar-refractivity contribution in [1.82, 2.24) is 9.62 Å². The molecule has 0 radical (unpaired) electrons. The highest BCUT2D eigenvalue weighted by Gasteiger charge is 2.39. The molecule has 1 aliphatic heterocycles. The topological polar surface area (TPSA) is 49.4 Å². The molecule has 1 heterocycles. The number of piperazine rings is 1. The molecule has 1 aromatic carbocycles. The molecule has 0 bridgehead atoms. The van der Waals surface area contributed by atoms with Crippen molar-refractivity contribution in [3.05, 3.63) is 27.1 Å². The maximum absolute atomic E-state index is 12.8. The van der Waals surface area contributed by atoms with Gasteiger partial charge in [0.25, 0.3) is 0 Å². The predicted octanol–water partition coefficient (Wildman–Crippen LogP) is 2.58. The van der Waals surface area contributed by atoms with Crippen molar-refractivity contribution < 1.29 is 8.42 Å². The van der Waals surface area contributed by atoms with E-state index in [4.69, 9.17) is 0 Å². The Balaban J connectivity index is 2.50. The molecule has 0 amide bonds. The largest absolute Gasteiger partial charge is 0.314 e. The number of halogens is 2. The fraction of sp³-hybridized carbons (Fsp3) is 0.500. The quantitative estimate of drug-likeness (QED) is 0.813. The Labute approximate surface area is 130 Å². The van der Waals surface area contributed by atoms with E-state index in [1.165, 1.54) is 0 Å². The van der Waals surface area contributed by atoms with Gasteiger partial charge in [-0.3, -0.25) is 0 Å². The van der Waals surface area contributed by atoms with Gasteiger partial charge in [-0.1, -0.05) is 15.9 Å². The standard InChI is InChI=1S/C12H16Br2N2O2S/c1-12(2)8-15-5-6-16(12)19(17,18)11-7-9(13)3-4-10(11)14/h3-4,7,15H,5-6,8H2,1-2H3. The number of hydrogen-bond acceptors (Lipinski definition) is 3.